The Morgan fingerprint density at radius 1 is 0.844 bits per heavy atom. The largest absolute Gasteiger partial charge is 0.507 e. The maximum absolute atomic E-state index is 12.5. The molecule has 0 radical (unpaired) electrons. The van der Waals surface area contributed by atoms with E-state index in [1.54, 1.807) is 24.3 Å². The Balaban J connectivity index is 2.35. The minimum Gasteiger partial charge on any atom is -0.507 e. The Bertz CT molecular complexity index is 841. The summed E-state index contributed by atoms with van der Waals surface area (Å²) < 4.78 is 18.1. The van der Waals surface area contributed by atoms with Gasteiger partial charge in [0.25, 0.3) is 0 Å². The van der Waals surface area contributed by atoms with Gasteiger partial charge in [-0.2, -0.15) is 0 Å². The quantitative estimate of drug-likeness (QED) is 0.187. The summed E-state index contributed by atoms with van der Waals surface area (Å²) >= 11 is 0. The molecule has 174 valence electrons. The Hall–Kier alpha value is -2.95. The summed E-state index contributed by atoms with van der Waals surface area (Å²) in [7, 11) is 0. The molecule has 0 amide bonds. The Kier molecular flexibility index (Phi) is 11.2. The van der Waals surface area contributed by atoms with E-state index in [0.717, 1.165) is 44.1 Å². The van der Waals surface area contributed by atoms with Crippen LogP contribution in [0.3, 0.4) is 0 Å². The van der Waals surface area contributed by atoms with Gasteiger partial charge in [0.15, 0.2) is 17.3 Å². The van der Waals surface area contributed by atoms with E-state index in [9.17, 15) is 9.90 Å². The summed E-state index contributed by atoms with van der Waals surface area (Å²) in [5.41, 5.74) is 1.04. The van der Waals surface area contributed by atoms with E-state index in [-0.39, 0.29) is 17.1 Å². The number of ether oxygens (including phenoxy) is 3. The van der Waals surface area contributed by atoms with E-state index in [1.165, 1.54) is 12.1 Å². The van der Waals surface area contributed by atoms with Crippen molar-refractivity contribution in [3.05, 3.63) is 53.6 Å². The van der Waals surface area contributed by atoms with E-state index in [0.29, 0.717) is 37.1 Å². The van der Waals surface area contributed by atoms with Gasteiger partial charge in [0.1, 0.15) is 5.75 Å². The minimum atomic E-state index is -0.270. The fourth-order valence-electron chi connectivity index (χ4n) is 2.97. The highest BCUT2D eigenvalue weighted by atomic mass is 16.5. The van der Waals surface area contributed by atoms with Crippen molar-refractivity contribution in [3.63, 3.8) is 0 Å². The van der Waals surface area contributed by atoms with Crippen molar-refractivity contribution in [2.24, 2.45) is 0 Å². The van der Waals surface area contributed by atoms with E-state index in [2.05, 4.69) is 20.8 Å². The number of aromatic hydroxyl groups is 1. The third kappa shape index (κ3) is 7.95. The lowest BCUT2D eigenvalue weighted by Gasteiger charge is -2.18. The predicted molar refractivity (Wildman–Crippen MR) is 129 cm³/mol. The number of carbonyl (C=O) groups is 1. The van der Waals surface area contributed by atoms with Crippen molar-refractivity contribution < 1.29 is 24.1 Å². The number of rotatable bonds is 15. The highest BCUT2D eigenvalue weighted by Gasteiger charge is 2.16. The van der Waals surface area contributed by atoms with Crippen LogP contribution in [0.25, 0.3) is 6.08 Å². The molecular formula is C27H36O5. The number of para-hydroxylation sites is 1. The van der Waals surface area contributed by atoms with Crippen LogP contribution in [-0.4, -0.2) is 30.7 Å². The van der Waals surface area contributed by atoms with Gasteiger partial charge in [0, 0.05) is 0 Å². The van der Waals surface area contributed by atoms with Crippen LogP contribution in [0.1, 0.15) is 75.2 Å². The first kappa shape index (κ1) is 25.3. The molecule has 5 nitrogen and oxygen atoms in total. The van der Waals surface area contributed by atoms with Crippen LogP contribution in [0.2, 0.25) is 0 Å². The van der Waals surface area contributed by atoms with Crippen LogP contribution in [0.15, 0.2) is 42.5 Å². The molecule has 0 saturated carbocycles. The molecule has 2 aromatic carbocycles. The molecule has 0 fully saturated rings. The molecule has 0 heterocycles. The molecule has 0 saturated heterocycles. The van der Waals surface area contributed by atoms with Crippen molar-refractivity contribution >= 4 is 11.9 Å². The molecule has 0 aromatic heterocycles. The predicted octanol–water partition coefficient (Wildman–Crippen LogP) is 6.83. The molecule has 0 unspecified atom stereocenters. The second-order valence-electron chi connectivity index (χ2n) is 7.67. The molecular weight excluding hydrogens is 404 g/mol. The van der Waals surface area contributed by atoms with Crippen LogP contribution in [-0.2, 0) is 0 Å². The smallest absolute Gasteiger partial charge is 0.203 e. The lowest BCUT2D eigenvalue weighted by Crippen LogP contribution is -2.06. The van der Waals surface area contributed by atoms with Gasteiger partial charge in [-0.15, -0.1) is 0 Å². The van der Waals surface area contributed by atoms with Gasteiger partial charge in [0.05, 0.1) is 25.4 Å². The van der Waals surface area contributed by atoms with Crippen molar-refractivity contribution in [3.8, 4) is 23.0 Å². The van der Waals surface area contributed by atoms with Gasteiger partial charge in [0.2, 0.25) is 5.75 Å². The Morgan fingerprint density at radius 2 is 1.38 bits per heavy atom. The zero-order valence-electron chi connectivity index (χ0n) is 19.6. The number of allylic oxidation sites excluding steroid dienone is 1. The zero-order valence-corrected chi connectivity index (χ0v) is 19.6. The summed E-state index contributed by atoms with van der Waals surface area (Å²) in [6.07, 6.45) is 9.07. The molecule has 2 rings (SSSR count). The SMILES string of the molecule is CCCCOc1cc(/C=C/C(=O)c2ccccc2O)cc(OCCCC)c1OCCCC. The number of phenols is 1. The number of hydrogen-bond donors (Lipinski definition) is 1. The maximum atomic E-state index is 12.5. The van der Waals surface area contributed by atoms with Crippen LogP contribution in [0.4, 0.5) is 0 Å². The fraction of sp³-hybridized carbons (Fsp3) is 0.444. The lowest BCUT2D eigenvalue weighted by atomic mass is 10.1. The van der Waals surface area contributed by atoms with E-state index < -0.39 is 0 Å². The zero-order chi connectivity index (χ0) is 23.2. The molecule has 0 aliphatic heterocycles. The van der Waals surface area contributed by atoms with Crippen LogP contribution >= 0.6 is 0 Å². The number of unbranched alkanes of at least 4 members (excludes halogenated alkanes) is 3. The van der Waals surface area contributed by atoms with Crippen molar-refractivity contribution in [2.45, 2.75) is 59.3 Å². The standard InChI is InChI=1S/C27H36O5/c1-4-7-16-30-25-19-21(14-15-24(29)22-12-10-11-13-23(22)28)20-26(31-17-8-5-2)27(25)32-18-9-6-3/h10-15,19-20,28H,4-9,16-18H2,1-3H3/b15-14+. The number of hydrogen-bond acceptors (Lipinski definition) is 5. The van der Waals surface area contributed by atoms with Gasteiger partial charge in [-0.3, -0.25) is 4.79 Å². The summed E-state index contributed by atoms with van der Waals surface area (Å²) in [4.78, 5) is 12.5. The second-order valence-corrected chi connectivity index (χ2v) is 7.67. The van der Waals surface area contributed by atoms with Crippen LogP contribution < -0.4 is 14.2 Å². The first-order valence-corrected chi connectivity index (χ1v) is 11.7. The van der Waals surface area contributed by atoms with Gasteiger partial charge in [-0.05, 0) is 55.2 Å². The highest BCUT2D eigenvalue weighted by Crippen LogP contribution is 2.40. The van der Waals surface area contributed by atoms with Crippen molar-refractivity contribution in [2.75, 3.05) is 19.8 Å². The first-order chi connectivity index (χ1) is 15.6. The van der Waals surface area contributed by atoms with Gasteiger partial charge < -0.3 is 19.3 Å². The molecule has 32 heavy (non-hydrogen) atoms. The molecule has 0 atom stereocenters. The summed E-state index contributed by atoms with van der Waals surface area (Å²) in [5, 5.41) is 9.94. The molecule has 1 N–H and O–H groups in total. The van der Waals surface area contributed by atoms with E-state index in [4.69, 9.17) is 14.2 Å². The monoisotopic (exact) mass is 440 g/mol. The summed E-state index contributed by atoms with van der Waals surface area (Å²) in [5.74, 6) is 1.56. The molecule has 0 aliphatic rings. The Morgan fingerprint density at radius 3 is 1.91 bits per heavy atom. The number of carbonyl (C=O) groups excluding carboxylic acids is 1. The summed E-state index contributed by atoms with van der Waals surface area (Å²) in [6, 6.07) is 10.3. The minimum absolute atomic E-state index is 0.0333. The number of ketones is 1. The average Bonchev–Trinajstić information content (AvgIpc) is 2.79. The average molecular weight is 441 g/mol. The second kappa shape index (κ2) is 14.2. The van der Waals surface area contributed by atoms with E-state index in [1.807, 2.05) is 12.1 Å². The van der Waals surface area contributed by atoms with Crippen molar-refractivity contribution in [1.29, 1.82) is 0 Å². The third-order valence-corrected chi connectivity index (χ3v) is 4.89. The third-order valence-electron chi connectivity index (χ3n) is 4.89. The van der Waals surface area contributed by atoms with Crippen molar-refractivity contribution in [1.82, 2.24) is 0 Å². The molecule has 0 aliphatic carbocycles. The van der Waals surface area contributed by atoms with Gasteiger partial charge in [-0.25, -0.2) is 0 Å². The molecule has 0 spiro atoms. The molecule has 5 heteroatoms. The molecule has 2 aromatic rings. The van der Waals surface area contributed by atoms with Gasteiger partial charge >= 0.3 is 0 Å². The summed E-state index contributed by atoms with van der Waals surface area (Å²) in [6.45, 7) is 8.11. The highest BCUT2D eigenvalue weighted by molar-refractivity contribution is 6.08. The topological polar surface area (TPSA) is 65.0 Å². The number of benzene rings is 2. The van der Waals surface area contributed by atoms with E-state index >= 15 is 0 Å². The maximum Gasteiger partial charge on any atom is 0.203 e. The first-order valence-electron chi connectivity index (χ1n) is 11.7. The fourth-order valence-corrected chi connectivity index (χ4v) is 2.97. The van der Waals surface area contributed by atoms with Crippen LogP contribution in [0.5, 0.6) is 23.0 Å². The number of phenolic OH excluding ortho intramolecular Hbond substituents is 1. The normalized spacial score (nSPS) is 11.0. The van der Waals surface area contributed by atoms with Crippen LogP contribution in [0, 0.1) is 0 Å². The lowest BCUT2D eigenvalue weighted by molar-refractivity contribution is 0.104. The van der Waals surface area contributed by atoms with Gasteiger partial charge in [-0.1, -0.05) is 58.2 Å². The molecule has 0 bridgehead atoms. The Labute approximate surface area is 192 Å².